The first-order valence-corrected chi connectivity index (χ1v) is 12.3. The number of amides is 2. The predicted molar refractivity (Wildman–Crippen MR) is 133 cm³/mol. The van der Waals surface area contributed by atoms with Gasteiger partial charge < -0.3 is 10.6 Å². The van der Waals surface area contributed by atoms with Gasteiger partial charge in [-0.2, -0.15) is 0 Å². The van der Waals surface area contributed by atoms with Gasteiger partial charge >= 0.3 is 0 Å². The fourth-order valence-corrected chi connectivity index (χ4v) is 4.39. The minimum atomic E-state index is -0.517. The number of guanidine groups is 1. The molecule has 2 fully saturated rings. The molecule has 3 N–H and O–H groups in total. The van der Waals surface area contributed by atoms with E-state index in [0.717, 1.165) is 38.5 Å². The minimum absolute atomic E-state index is 0.0743. The first kappa shape index (κ1) is 24.8. The molecule has 2 amide bonds. The van der Waals surface area contributed by atoms with E-state index in [1.54, 1.807) is 6.07 Å². The quantitative estimate of drug-likeness (QED) is 0.340. The molecule has 0 unspecified atom stereocenters. The van der Waals surface area contributed by atoms with Gasteiger partial charge in [-0.25, -0.2) is 9.38 Å². The number of rotatable bonds is 5. The Morgan fingerprint density at radius 1 is 0.912 bits per heavy atom. The van der Waals surface area contributed by atoms with Gasteiger partial charge in [0, 0.05) is 28.2 Å². The highest BCUT2D eigenvalue weighted by atomic mass is 35.5. The van der Waals surface area contributed by atoms with Crippen molar-refractivity contribution in [2.24, 2.45) is 10.9 Å². The van der Waals surface area contributed by atoms with Crippen LogP contribution in [0.4, 0.5) is 10.1 Å². The van der Waals surface area contributed by atoms with Crippen molar-refractivity contribution in [2.75, 3.05) is 5.32 Å². The van der Waals surface area contributed by atoms with E-state index in [4.69, 9.17) is 39.8 Å². The summed E-state index contributed by atoms with van der Waals surface area (Å²) < 4.78 is 13.8. The summed E-state index contributed by atoms with van der Waals surface area (Å²) in [6.07, 6.45) is 5.03. The number of carbonyl (C=O) groups is 2. The van der Waals surface area contributed by atoms with Crippen molar-refractivity contribution in [1.29, 1.82) is 0 Å². The number of anilines is 1. The SMILES string of the molecule is O=C(NC(=NC1CCC(NC(=O)C2CC2)CC1)Nc1cc(F)cc(Cl)c1)c1ccc(Cl)c(Cl)c1. The van der Waals surface area contributed by atoms with Crippen LogP contribution in [0.5, 0.6) is 0 Å². The molecule has 2 saturated carbocycles. The predicted octanol–water partition coefficient (Wildman–Crippen LogP) is 5.82. The highest BCUT2D eigenvalue weighted by Gasteiger charge is 2.32. The van der Waals surface area contributed by atoms with Gasteiger partial charge in [-0.3, -0.25) is 14.9 Å². The Labute approximate surface area is 212 Å². The number of benzene rings is 2. The van der Waals surface area contributed by atoms with Crippen molar-refractivity contribution in [2.45, 2.75) is 50.6 Å². The molecule has 0 heterocycles. The van der Waals surface area contributed by atoms with E-state index in [1.165, 1.54) is 30.3 Å². The second kappa shape index (κ2) is 10.9. The van der Waals surface area contributed by atoms with Crippen LogP contribution < -0.4 is 16.0 Å². The smallest absolute Gasteiger partial charge is 0.258 e. The first-order chi connectivity index (χ1) is 16.3. The molecule has 6 nitrogen and oxygen atoms in total. The van der Waals surface area contributed by atoms with Crippen molar-refractivity contribution in [1.82, 2.24) is 10.6 Å². The molecule has 2 aromatic rings. The van der Waals surface area contributed by atoms with Crippen molar-refractivity contribution in [3.63, 3.8) is 0 Å². The van der Waals surface area contributed by atoms with Gasteiger partial charge in [0.05, 0.1) is 16.1 Å². The third-order valence-electron chi connectivity index (χ3n) is 5.84. The van der Waals surface area contributed by atoms with Crippen molar-refractivity contribution >= 4 is 58.3 Å². The molecule has 2 aromatic carbocycles. The number of halogens is 4. The summed E-state index contributed by atoms with van der Waals surface area (Å²) in [7, 11) is 0. The largest absolute Gasteiger partial charge is 0.353 e. The Hall–Kier alpha value is -2.35. The average Bonchev–Trinajstić information content (AvgIpc) is 3.62. The molecular formula is C24H24Cl3FN4O2. The number of hydrogen-bond acceptors (Lipinski definition) is 3. The highest BCUT2D eigenvalue weighted by molar-refractivity contribution is 6.42. The Bertz CT molecular complexity index is 1100. The molecule has 4 rings (SSSR count). The molecule has 0 aliphatic heterocycles. The van der Waals surface area contributed by atoms with Crippen LogP contribution in [-0.4, -0.2) is 29.9 Å². The maximum absolute atomic E-state index is 13.8. The molecule has 0 aromatic heterocycles. The monoisotopic (exact) mass is 524 g/mol. The second-order valence-electron chi connectivity index (χ2n) is 8.63. The third-order valence-corrected chi connectivity index (χ3v) is 6.80. The van der Waals surface area contributed by atoms with Crippen LogP contribution in [0.1, 0.15) is 48.9 Å². The summed E-state index contributed by atoms with van der Waals surface area (Å²) in [5.74, 6) is -0.467. The fourth-order valence-electron chi connectivity index (χ4n) is 3.87. The average molecular weight is 526 g/mol. The molecule has 0 atom stereocenters. The molecule has 0 bridgehead atoms. The minimum Gasteiger partial charge on any atom is -0.353 e. The third kappa shape index (κ3) is 6.84. The lowest BCUT2D eigenvalue weighted by Crippen LogP contribution is -2.40. The van der Waals surface area contributed by atoms with Crippen LogP contribution in [-0.2, 0) is 4.79 Å². The van der Waals surface area contributed by atoms with Crippen LogP contribution in [0, 0.1) is 11.7 Å². The normalized spacial score (nSPS) is 20.5. The van der Waals surface area contributed by atoms with Gasteiger partial charge in [0.2, 0.25) is 11.9 Å². The highest BCUT2D eigenvalue weighted by Crippen LogP contribution is 2.30. The lowest BCUT2D eigenvalue weighted by atomic mass is 9.91. The Morgan fingerprint density at radius 3 is 2.29 bits per heavy atom. The zero-order valence-electron chi connectivity index (χ0n) is 18.2. The molecule has 10 heteroatoms. The van der Waals surface area contributed by atoms with Gasteiger partial charge in [-0.05, 0) is 74.9 Å². The molecule has 0 saturated heterocycles. The molecule has 2 aliphatic carbocycles. The number of carbonyl (C=O) groups excluding carboxylic acids is 2. The van der Waals surface area contributed by atoms with Crippen molar-refractivity contribution in [3.8, 4) is 0 Å². The number of nitrogens with zero attached hydrogens (tertiary/aromatic N) is 1. The molecule has 34 heavy (non-hydrogen) atoms. The Morgan fingerprint density at radius 2 is 1.65 bits per heavy atom. The zero-order chi connectivity index (χ0) is 24.2. The first-order valence-electron chi connectivity index (χ1n) is 11.1. The summed E-state index contributed by atoms with van der Waals surface area (Å²) in [5.41, 5.74) is 0.649. The summed E-state index contributed by atoms with van der Waals surface area (Å²) >= 11 is 18.0. The van der Waals surface area contributed by atoms with Gasteiger partial charge in [-0.1, -0.05) is 34.8 Å². The standard InChI is InChI=1S/C24H24Cl3FN4O2/c25-15-10-16(28)12-19(11-15)31-24(32-23(34)14-3-8-20(26)21(27)9-14)30-18-6-4-17(5-7-18)29-22(33)13-1-2-13/h3,8-13,17-18H,1-2,4-7H2,(H,29,33)(H2,30,31,32,34). The Balaban J connectivity index is 1.47. The van der Waals surface area contributed by atoms with Gasteiger partial charge in [0.15, 0.2) is 0 Å². The molecule has 0 radical (unpaired) electrons. The van der Waals surface area contributed by atoms with E-state index in [9.17, 15) is 14.0 Å². The van der Waals surface area contributed by atoms with Crippen LogP contribution in [0.25, 0.3) is 0 Å². The number of hydrogen-bond donors (Lipinski definition) is 3. The summed E-state index contributed by atoms with van der Waals surface area (Å²) in [5, 5.41) is 9.63. The van der Waals surface area contributed by atoms with E-state index in [2.05, 4.69) is 16.0 Å². The summed E-state index contributed by atoms with van der Waals surface area (Å²) in [6, 6.07) is 8.60. The van der Waals surface area contributed by atoms with Gasteiger partial charge in [0.1, 0.15) is 5.82 Å². The molecule has 180 valence electrons. The zero-order valence-corrected chi connectivity index (χ0v) is 20.5. The summed E-state index contributed by atoms with van der Waals surface area (Å²) in [4.78, 5) is 29.6. The van der Waals surface area contributed by atoms with Crippen molar-refractivity contribution in [3.05, 3.63) is 62.8 Å². The Kier molecular flexibility index (Phi) is 7.96. The van der Waals surface area contributed by atoms with E-state index < -0.39 is 11.7 Å². The molecular weight excluding hydrogens is 502 g/mol. The molecule has 0 spiro atoms. The maximum atomic E-state index is 13.8. The topological polar surface area (TPSA) is 82.6 Å². The van der Waals surface area contributed by atoms with E-state index >= 15 is 0 Å². The fraction of sp³-hybridized carbons (Fsp3) is 0.375. The van der Waals surface area contributed by atoms with Crippen LogP contribution in [0.15, 0.2) is 41.4 Å². The maximum Gasteiger partial charge on any atom is 0.258 e. The second-order valence-corrected chi connectivity index (χ2v) is 9.88. The van der Waals surface area contributed by atoms with Gasteiger partial charge in [-0.15, -0.1) is 0 Å². The van der Waals surface area contributed by atoms with Gasteiger partial charge in [0.25, 0.3) is 5.91 Å². The van der Waals surface area contributed by atoms with Crippen LogP contribution in [0.3, 0.4) is 0 Å². The summed E-state index contributed by atoms with van der Waals surface area (Å²) in [6.45, 7) is 0. The van der Waals surface area contributed by atoms with E-state index in [-0.39, 0.29) is 39.9 Å². The van der Waals surface area contributed by atoms with E-state index in [0.29, 0.717) is 16.3 Å². The van der Waals surface area contributed by atoms with Crippen molar-refractivity contribution < 1.29 is 14.0 Å². The molecule has 2 aliphatic rings. The number of aliphatic imine (C=N–C) groups is 1. The number of nitrogens with one attached hydrogen (secondary N) is 3. The van der Waals surface area contributed by atoms with Crippen LogP contribution in [0.2, 0.25) is 15.1 Å². The lowest BCUT2D eigenvalue weighted by molar-refractivity contribution is -0.123. The lowest BCUT2D eigenvalue weighted by Gasteiger charge is -2.27. The van der Waals surface area contributed by atoms with Crippen LogP contribution >= 0.6 is 34.8 Å². The van der Waals surface area contributed by atoms with E-state index in [1.807, 2.05) is 0 Å².